The summed E-state index contributed by atoms with van der Waals surface area (Å²) in [7, 11) is 0. The van der Waals surface area contributed by atoms with Crippen LogP contribution < -0.4 is 16.8 Å². The van der Waals surface area contributed by atoms with Crippen molar-refractivity contribution in [2.75, 3.05) is 11.1 Å². The molecule has 0 aliphatic rings. The Balaban J connectivity index is 2.06. The Bertz CT molecular complexity index is 813. The summed E-state index contributed by atoms with van der Waals surface area (Å²) in [5, 5.41) is 4.01. The highest BCUT2D eigenvalue weighted by Crippen LogP contribution is 2.34. The van der Waals surface area contributed by atoms with Crippen molar-refractivity contribution in [3.05, 3.63) is 47.0 Å². The van der Waals surface area contributed by atoms with Gasteiger partial charge in [-0.25, -0.2) is 4.98 Å². The molecule has 0 aliphatic carbocycles. The average molecular weight is 319 g/mol. The van der Waals surface area contributed by atoms with Crippen LogP contribution in [0.3, 0.4) is 0 Å². The Morgan fingerprint density at radius 2 is 2.05 bits per heavy atom. The second kappa shape index (κ2) is 5.23. The Morgan fingerprint density at radius 3 is 2.76 bits per heavy atom. The molecule has 21 heavy (non-hydrogen) atoms. The molecule has 1 amide bonds. The van der Waals surface area contributed by atoms with Gasteiger partial charge in [0.1, 0.15) is 0 Å². The zero-order valence-electron chi connectivity index (χ0n) is 10.8. The number of carbonyl (C=O) groups excluding carboxylic acids is 1. The zero-order valence-corrected chi connectivity index (χ0v) is 12.3. The molecule has 0 aliphatic heterocycles. The summed E-state index contributed by atoms with van der Waals surface area (Å²) in [6.45, 7) is 0. The number of primary amides is 1. The Kier molecular flexibility index (Phi) is 3.40. The molecule has 3 aromatic rings. The summed E-state index contributed by atoms with van der Waals surface area (Å²) in [5.41, 5.74) is 13.0. The molecule has 0 saturated heterocycles. The third-order valence-electron chi connectivity index (χ3n) is 2.90. The van der Waals surface area contributed by atoms with Crippen molar-refractivity contribution in [2.24, 2.45) is 5.73 Å². The molecule has 1 heterocycles. The monoisotopic (exact) mass is 318 g/mol. The predicted molar refractivity (Wildman–Crippen MR) is 87.3 cm³/mol. The number of para-hydroxylation sites is 1. The lowest BCUT2D eigenvalue weighted by Crippen LogP contribution is -2.14. The molecule has 0 spiro atoms. The highest BCUT2D eigenvalue weighted by Gasteiger charge is 2.15. The van der Waals surface area contributed by atoms with Crippen LogP contribution in [0.2, 0.25) is 5.02 Å². The van der Waals surface area contributed by atoms with Crippen LogP contribution in [0.1, 0.15) is 10.4 Å². The molecule has 0 fully saturated rings. The number of hydrogen-bond acceptors (Lipinski definition) is 5. The number of anilines is 3. The highest BCUT2D eigenvalue weighted by atomic mass is 35.5. The van der Waals surface area contributed by atoms with E-state index in [0.717, 1.165) is 10.2 Å². The largest absolute Gasteiger partial charge is 0.399 e. The van der Waals surface area contributed by atoms with Gasteiger partial charge in [-0.3, -0.25) is 4.79 Å². The number of halogens is 1. The third-order valence-corrected chi connectivity index (χ3v) is 4.15. The number of amides is 1. The number of nitrogen functional groups attached to an aromatic ring is 1. The molecular formula is C14H11ClN4OS. The van der Waals surface area contributed by atoms with E-state index >= 15 is 0 Å². The second-order valence-electron chi connectivity index (χ2n) is 4.40. The van der Waals surface area contributed by atoms with Gasteiger partial charge in [-0.1, -0.05) is 35.1 Å². The quantitative estimate of drug-likeness (QED) is 0.645. The van der Waals surface area contributed by atoms with E-state index in [4.69, 9.17) is 23.1 Å². The van der Waals surface area contributed by atoms with Gasteiger partial charge >= 0.3 is 0 Å². The fourth-order valence-electron chi connectivity index (χ4n) is 1.98. The van der Waals surface area contributed by atoms with Crippen LogP contribution in [0.4, 0.5) is 16.5 Å². The van der Waals surface area contributed by atoms with Gasteiger partial charge < -0.3 is 16.8 Å². The first-order valence-electron chi connectivity index (χ1n) is 6.06. The average Bonchev–Trinajstić information content (AvgIpc) is 2.83. The standard InChI is InChI=1S/C14H11ClN4OS/c15-9-6-7(16)5-8(13(17)20)12(9)19-14-18-10-3-1-2-4-11(10)21-14/h1-6H,16H2,(H2,17,20)(H,18,19). The van der Waals surface area contributed by atoms with Crippen molar-refractivity contribution >= 4 is 55.6 Å². The molecule has 3 rings (SSSR count). The van der Waals surface area contributed by atoms with Gasteiger partial charge in [-0.05, 0) is 24.3 Å². The smallest absolute Gasteiger partial charge is 0.250 e. The first-order chi connectivity index (χ1) is 10.0. The minimum absolute atomic E-state index is 0.235. The molecule has 1 aromatic heterocycles. The predicted octanol–water partition coefficient (Wildman–Crippen LogP) is 3.37. The summed E-state index contributed by atoms with van der Waals surface area (Å²) < 4.78 is 1.03. The SMILES string of the molecule is NC(=O)c1cc(N)cc(Cl)c1Nc1nc2ccccc2s1. The number of rotatable bonds is 3. The van der Waals surface area contributed by atoms with Gasteiger partial charge in [-0.15, -0.1) is 0 Å². The first-order valence-corrected chi connectivity index (χ1v) is 7.25. The van der Waals surface area contributed by atoms with Crippen molar-refractivity contribution < 1.29 is 4.79 Å². The van der Waals surface area contributed by atoms with Crippen molar-refractivity contribution in [3.8, 4) is 0 Å². The fraction of sp³-hybridized carbons (Fsp3) is 0. The van der Waals surface area contributed by atoms with Crippen LogP contribution in [0.15, 0.2) is 36.4 Å². The molecular weight excluding hydrogens is 308 g/mol. The van der Waals surface area contributed by atoms with Crippen molar-refractivity contribution in [1.29, 1.82) is 0 Å². The maximum absolute atomic E-state index is 11.5. The topological polar surface area (TPSA) is 94.0 Å². The van der Waals surface area contributed by atoms with Crippen LogP contribution in [-0.4, -0.2) is 10.9 Å². The lowest BCUT2D eigenvalue weighted by molar-refractivity contribution is 0.100. The molecule has 0 bridgehead atoms. The normalized spacial score (nSPS) is 10.7. The van der Waals surface area contributed by atoms with Crippen LogP contribution in [0, 0.1) is 0 Å². The number of nitrogens with one attached hydrogen (secondary N) is 1. The van der Waals surface area contributed by atoms with E-state index < -0.39 is 5.91 Å². The molecule has 2 aromatic carbocycles. The summed E-state index contributed by atoms with van der Waals surface area (Å²) in [4.78, 5) is 16.0. The van der Waals surface area contributed by atoms with Crippen LogP contribution >= 0.6 is 22.9 Å². The van der Waals surface area contributed by atoms with Crippen molar-refractivity contribution in [2.45, 2.75) is 0 Å². The Morgan fingerprint density at radius 1 is 1.29 bits per heavy atom. The van der Waals surface area contributed by atoms with E-state index in [1.165, 1.54) is 17.4 Å². The maximum atomic E-state index is 11.5. The molecule has 5 N–H and O–H groups in total. The molecule has 0 atom stereocenters. The lowest BCUT2D eigenvalue weighted by atomic mass is 10.1. The number of carbonyl (C=O) groups is 1. The van der Waals surface area contributed by atoms with Crippen LogP contribution in [0.25, 0.3) is 10.2 Å². The minimum atomic E-state index is -0.604. The number of nitrogens with zero attached hydrogens (tertiary/aromatic N) is 1. The molecule has 106 valence electrons. The summed E-state index contributed by atoms with van der Waals surface area (Å²) in [6, 6.07) is 10.8. The summed E-state index contributed by atoms with van der Waals surface area (Å²) >= 11 is 7.62. The molecule has 0 unspecified atom stereocenters. The fourth-order valence-corrected chi connectivity index (χ4v) is 3.13. The highest BCUT2D eigenvalue weighted by molar-refractivity contribution is 7.22. The van der Waals surface area contributed by atoms with E-state index in [9.17, 15) is 4.79 Å². The number of aromatic nitrogens is 1. The number of nitrogens with two attached hydrogens (primary N) is 2. The summed E-state index contributed by atoms with van der Waals surface area (Å²) in [6.07, 6.45) is 0. The van der Waals surface area contributed by atoms with Gasteiger partial charge in [0.05, 0.1) is 26.5 Å². The van der Waals surface area contributed by atoms with Gasteiger partial charge in [0.2, 0.25) is 0 Å². The van der Waals surface area contributed by atoms with E-state index in [1.807, 2.05) is 24.3 Å². The number of fused-ring (bicyclic) bond motifs is 1. The lowest BCUT2D eigenvalue weighted by Gasteiger charge is -2.10. The molecule has 0 saturated carbocycles. The van der Waals surface area contributed by atoms with Gasteiger partial charge in [0.25, 0.3) is 5.91 Å². The van der Waals surface area contributed by atoms with Crippen LogP contribution in [-0.2, 0) is 0 Å². The maximum Gasteiger partial charge on any atom is 0.250 e. The number of benzene rings is 2. The first kappa shape index (κ1) is 13.7. The molecule has 7 heteroatoms. The van der Waals surface area contributed by atoms with Crippen molar-refractivity contribution in [3.63, 3.8) is 0 Å². The minimum Gasteiger partial charge on any atom is -0.399 e. The van der Waals surface area contributed by atoms with E-state index in [1.54, 1.807) is 6.07 Å². The molecule has 0 radical (unpaired) electrons. The van der Waals surface area contributed by atoms with E-state index in [-0.39, 0.29) is 5.56 Å². The Labute approximate surface area is 129 Å². The Hall–Kier alpha value is -2.31. The molecule has 5 nitrogen and oxygen atoms in total. The second-order valence-corrected chi connectivity index (χ2v) is 5.84. The van der Waals surface area contributed by atoms with Crippen LogP contribution in [0.5, 0.6) is 0 Å². The number of thiazole rings is 1. The zero-order chi connectivity index (χ0) is 15.0. The van der Waals surface area contributed by atoms with Gasteiger partial charge in [-0.2, -0.15) is 0 Å². The van der Waals surface area contributed by atoms with E-state index in [0.29, 0.717) is 21.5 Å². The van der Waals surface area contributed by atoms with E-state index in [2.05, 4.69) is 10.3 Å². The van der Waals surface area contributed by atoms with Gasteiger partial charge in [0.15, 0.2) is 5.13 Å². The number of hydrogen-bond donors (Lipinski definition) is 3. The van der Waals surface area contributed by atoms with Gasteiger partial charge in [0, 0.05) is 5.69 Å². The summed E-state index contributed by atoms with van der Waals surface area (Å²) in [5.74, 6) is -0.604. The third kappa shape index (κ3) is 2.63. The van der Waals surface area contributed by atoms with Crippen molar-refractivity contribution in [1.82, 2.24) is 4.98 Å².